The first-order valence-corrected chi connectivity index (χ1v) is 9.85. The summed E-state index contributed by atoms with van der Waals surface area (Å²) in [6.45, 7) is 5.06. The molecule has 1 atom stereocenters. The fraction of sp³-hybridized carbons (Fsp3) is 0.478. The number of likely N-dealkylation sites (tertiary alicyclic amines) is 1. The molecule has 0 unspecified atom stereocenters. The van der Waals surface area contributed by atoms with Gasteiger partial charge in [0.05, 0.1) is 18.7 Å². The van der Waals surface area contributed by atoms with Gasteiger partial charge in [-0.05, 0) is 50.3 Å². The highest BCUT2D eigenvalue weighted by Crippen LogP contribution is 2.21. The Morgan fingerprint density at radius 3 is 2.70 bits per heavy atom. The fourth-order valence-corrected chi connectivity index (χ4v) is 3.31. The molecule has 1 aromatic carbocycles. The number of nitrogens with zero attached hydrogens (tertiary/aromatic N) is 1. The number of esters is 1. The third kappa shape index (κ3) is 6.38. The van der Waals surface area contributed by atoms with Gasteiger partial charge in [0.1, 0.15) is 0 Å². The molecule has 4 heteroatoms. The molecule has 1 saturated heterocycles. The minimum Gasteiger partial charge on any atom is -0.465 e. The number of hydrogen-bond donors (Lipinski definition) is 0. The summed E-state index contributed by atoms with van der Waals surface area (Å²) in [5, 5.41) is 0. The van der Waals surface area contributed by atoms with Crippen LogP contribution >= 0.6 is 0 Å². The van der Waals surface area contributed by atoms with Crippen molar-refractivity contribution in [3.63, 3.8) is 0 Å². The van der Waals surface area contributed by atoms with Crippen molar-refractivity contribution in [3.8, 4) is 0 Å². The van der Waals surface area contributed by atoms with E-state index in [0.717, 1.165) is 24.8 Å². The van der Waals surface area contributed by atoms with Crippen molar-refractivity contribution in [2.75, 3.05) is 13.7 Å². The molecule has 0 saturated carbocycles. The van der Waals surface area contributed by atoms with Crippen molar-refractivity contribution in [1.82, 2.24) is 4.90 Å². The zero-order valence-electron chi connectivity index (χ0n) is 16.7. The van der Waals surface area contributed by atoms with E-state index in [9.17, 15) is 9.59 Å². The van der Waals surface area contributed by atoms with Crippen LogP contribution in [0.15, 0.2) is 48.1 Å². The molecule has 0 N–H and O–H groups in total. The van der Waals surface area contributed by atoms with Crippen molar-refractivity contribution < 1.29 is 14.3 Å². The van der Waals surface area contributed by atoms with Crippen LogP contribution in [0.1, 0.15) is 61.9 Å². The van der Waals surface area contributed by atoms with Crippen molar-refractivity contribution in [2.45, 2.75) is 58.4 Å². The second-order valence-electron chi connectivity index (χ2n) is 7.13. The predicted molar refractivity (Wildman–Crippen MR) is 109 cm³/mol. The first-order valence-electron chi connectivity index (χ1n) is 9.85. The lowest BCUT2D eigenvalue weighted by Gasteiger charge is -2.22. The van der Waals surface area contributed by atoms with Crippen LogP contribution in [0.5, 0.6) is 0 Å². The second-order valence-corrected chi connectivity index (χ2v) is 7.13. The van der Waals surface area contributed by atoms with Crippen molar-refractivity contribution >= 4 is 11.9 Å². The zero-order valence-corrected chi connectivity index (χ0v) is 16.7. The maximum absolute atomic E-state index is 12.2. The molecule has 0 radical (unpaired) electrons. The Bertz CT molecular complexity index is 688. The fourth-order valence-electron chi connectivity index (χ4n) is 3.31. The number of unbranched alkanes of at least 4 members (excludes halogenated alkanes) is 1. The molecule has 2 rings (SSSR count). The molecule has 1 amide bonds. The lowest BCUT2D eigenvalue weighted by molar-refractivity contribution is -0.128. The molecule has 0 bridgehead atoms. The summed E-state index contributed by atoms with van der Waals surface area (Å²) in [4.78, 5) is 25.7. The van der Waals surface area contributed by atoms with E-state index in [4.69, 9.17) is 4.74 Å². The molecule has 27 heavy (non-hydrogen) atoms. The van der Waals surface area contributed by atoms with Crippen LogP contribution < -0.4 is 0 Å². The van der Waals surface area contributed by atoms with Gasteiger partial charge in [0, 0.05) is 13.0 Å². The van der Waals surface area contributed by atoms with E-state index in [-0.39, 0.29) is 17.9 Å². The van der Waals surface area contributed by atoms with Crippen molar-refractivity contribution in [3.05, 3.63) is 59.2 Å². The van der Waals surface area contributed by atoms with Crippen LogP contribution in [0.3, 0.4) is 0 Å². The summed E-state index contributed by atoms with van der Waals surface area (Å²) in [5.41, 5.74) is 3.04. The van der Waals surface area contributed by atoms with Gasteiger partial charge < -0.3 is 9.64 Å². The van der Waals surface area contributed by atoms with E-state index >= 15 is 0 Å². The molecule has 146 valence electrons. The SMILES string of the molecule is CCCC/C(C)=C/C=C/[C@H]1CCC(=O)N1CCc1ccc(C(=O)OC)cc1. The highest BCUT2D eigenvalue weighted by atomic mass is 16.5. The van der Waals surface area contributed by atoms with Crippen LogP contribution in [0.4, 0.5) is 0 Å². The molecule has 1 aliphatic rings. The lowest BCUT2D eigenvalue weighted by atomic mass is 10.1. The summed E-state index contributed by atoms with van der Waals surface area (Å²) in [6, 6.07) is 7.58. The number of carbonyl (C=O) groups is 2. The summed E-state index contributed by atoms with van der Waals surface area (Å²) < 4.78 is 4.72. The number of carbonyl (C=O) groups excluding carboxylic acids is 2. The highest BCUT2D eigenvalue weighted by molar-refractivity contribution is 5.89. The van der Waals surface area contributed by atoms with Crippen LogP contribution in [-0.4, -0.2) is 36.5 Å². The number of ether oxygens (including phenoxy) is 1. The molecule has 1 aromatic rings. The number of amides is 1. The minimum absolute atomic E-state index is 0.182. The van der Waals surface area contributed by atoms with E-state index in [1.807, 2.05) is 17.0 Å². The molecule has 1 fully saturated rings. The van der Waals surface area contributed by atoms with Gasteiger partial charge in [0.15, 0.2) is 0 Å². The van der Waals surface area contributed by atoms with Gasteiger partial charge in [-0.3, -0.25) is 4.79 Å². The Hall–Kier alpha value is -2.36. The van der Waals surface area contributed by atoms with E-state index in [1.165, 1.54) is 25.5 Å². The van der Waals surface area contributed by atoms with E-state index < -0.39 is 0 Å². The van der Waals surface area contributed by atoms with Gasteiger partial charge >= 0.3 is 5.97 Å². The third-order valence-corrected chi connectivity index (χ3v) is 5.03. The summed E-state index contributed by atoms with van der Waals surface area (Å²) in [7, 11) is 1.38. The molecule has 0 spiro atoms. The highest BCUT2D eigenvalue weighted by Gasteiger charge is 2.28. The van der Waals surface area contributed by atoms with Crippen LogP contribution in [0.2, 0.25) is 0 Å². The van der Waals surface area contributed by atoms with E-state index in [0.29, 0.717) is 18.5 Å². The number of rotatable bonds is 9. The van der Waals surface area contributed by atoms with Crippen molar-refractivity contribution in [2.24, 2.45) is 0 Å². The first kappa shape index (κ1) is 20.9. The second kappa shape index (κ2) is 10.7. The largest absolute Gasteiger partial charge is 0.465 e. The number of hydrogen-bond acceptors (Lipinski definition) is 3. The van der Waals surface area contributed by atoms with Gasteiger partial charge in [-0.1, -0.05) is 49.3 Å². The van der Waals surface area contributed by atoms with Gasteiger partial charge in [-0.25, -0.2) is 4.79 Å². The summed E-state index contributed by atoms with van der Waals surface area (Å²) in [6.07, 6.45) is 12.3. The number of methoxy groups -OCH3 is 1. The van der Waals surface area contributed by atoms with Crippen LogP contribution in [-0.2, 0) is 16.0 Å². The normalized spacial score (nSPS) is 17.7. The molecular formula is C23H31NO3. The maximum Gasteiger partial charge on any atom is 0.337 e. The Morgan fingerprint density at radius 2 is 2.04 bits per heavy atom. The third-order valence-electron chi connectivity index (χ3n) is 5.03. The average Bonchev–Trinajstić information content (AvgIpc) is 3.04. The summed E-state index contributed by atoms with van der Waals surface area (Å²) in [5.74, 6) is -0.105. The lowest BCUT2D eigenvalue weighted by Crippen LogP contribution is -2.33. The Kier molecular flexibility index (Phi) is 8.31. The first-order chi connectivity index (χ1) is 13.0. The molecule has 1 heterocycles. The van der Waals surface area contributed by atoms with Crippen LogP contribution in [0.25, 0.3) is 0 Å². The Labute approximate surface area is 162 Å². The van der Waals surface area contributed by atoms with E-state index in [2.05, 4.69) is 32.1 Å². The maximum atomic E-state index is 12.2. The van der Waals surface area contributed by atoms with Gasteiger partial charge in [0.25, 0.3) is 0 Å². The van der Waals surface area contributed by atoms with Gasteiger partial charge in [0.2, 0.25) is 5.91 Å². The standard InChI is InChI=1S/C23H31NO3/c1-4-5-7-18(2)8-6-9-21-14-15-22(25)24(21)17-16-19-10-12-20(13-11-19)23(26)27-3/h6,8-13,21H,4-5,7,14-17H2,1-3H3/b9-6+,18-8+/t21-/m0/s1. The molecule has 0 aliphatic carbocycles. The zero-order chi connectivity index (χ0) is 19.6. The molecular weight excluding hydrogens is 338 g/mol. The summed E-state index contributed by atoms with van der Waals surface area (Å²) >= 11 is 0. The average molecular weight is 370 g/mol. The van der Waals surface area contributed by atoms with Crippen LogP contribution in [0, 0.1) is 0 Å². The molecule has 4 nitrogen and oxygen atoms in total. The predicted octanol–water partition coefficient (Wildman–Crippen LogP) is 4.70. The minimum atomic E-state index is -0.330. The van der Waals surface area contributed by atoms with Crippen molar-refractivity contribution in [1.29, 1.82) is 0 Å². The molecule has 0 aromatic heterocycles. The van der Waals surface area contributed by atoms with E-state index in [1.54, 1.807) is 12.1 Å². The van der Waals surface area contributed by atoms with Gasteiger partial charge in [-0.2, -0.15) is 0 Å². The monoisotopic (exact) mass is 369 g/mol. The Balaban J connectivity index is 1.91. The number of benzene rings is 1. The quantitative estimate of drug-likeness (QED) is 0.468. The smallest absolute Gasteiger partial charge is 0.337 e. The van der Waals surface area contributed by atoms with Gasteiger partial charge in [-0.15, -0.1) is 0 Å². The Morgan fingerprint density at radius 1 is 1.30 bits per heavy atom. The topological polar surface area (TPSA) is 46.6 Å². The number of allylic oxidation sites excluding steroid dienone is 3. The molecule has 1 aliphatic heterocycles.